The number of amides is 1. The van der Waals surface area contributed by atoms with Gasteiger partial charge in [0.15, 0.2) is 10.9 Å². The number of rotatable bonds is 5. The van der Waals surface area contributed by atoms with Crippen molar-refractivity contribution in [2.45, 2.75) is 50.9 Å². The number of aromatic nitrogens is 3. The minimum Gasteiger partial charge on any atom is -0.463 e. The topological polar surface area (TPSA) is 110 Å². The molecule has 0 saturated carbocycles. The van der Waals surface area contributed by atoms with E-state index >= 15 is 4.39 Å². The highest BCUT2D eigenvalue weighted by molar-refractivity contribution is 7.22. The maximum atomic E-state index is 16.7. The van der Waals surface area contributed by atoms with Crippen LogP contribution in [0.3, 0.4) is 0 Å². The minimum atomic E-state index is -4.98. The fourth-order valence-electron chi connectivity index (χ4n) is 6.83. The number of piperazine rings is 1. The molecule has 15 heteroatoms. The van der Waals surface area contributed by atoms with E-state index in [0.717, 1.165) is 55.2 Å². The zero-order valence-electron chi connectivity index (χ0n) is 24.3. The van der Waals surface area contributed by atoms with Crippen molar-refractivity contribution in [2.75, 3.05) is 43.4 Å². The Morgan fingerprint density at radius 3 is 2.56 bits per heavy atom. The van der Waals surface area contributed by atoms with Gasteiger partial charge in [0.05, 0.1) is 22.4 Å². The lowest BCUT2D eigenvalue weighted by atomic mass is 9.95. The molecule has 3 fully saturated rings. The molecule has 9 nitrogen and oxygen atoms in total. The van der Waals surface area contributed by atoms with Crippen LogP contribution in [-0.4, -0.2) is 70.6 Å². The van der Waals surface area contributed by atoms with Gasteiger partial charge in [-0.25, -0.2) is 13.8 Å². The summed E-state index contributed by atoms with van der Waals surface area (Å²) in [7, 11) is 0. The van der Waals surface area contributed by atoms with Crippen LogP contribution in [0, 0.1) is 17.6 Å². The Morgan fingerprint density at radius 2 is 1.84 bits per heavy atom. The molecule has 2 bridgehead atoms. The van der Waals surface area contributed by atoms with Crippen LogP contribution < -0.4 is 20.7 Å². The van der Waals surface area contributed by atoms with Crippen LogP contribution in [0.2, 0.25) is 0 Å². The summed E-state index contributed by atoms with van der Waals surface area (Å²) >= 11 is 0.768. The maximum absolute atomic E-state index is 16.7. The number of anilines is 2. The molecule has 0 spiro atoms. The molecule has 3 unspecified atom stereocenters. The Hall–Kier alpha value is -3.85. The summed E-state index contributed by atoms with van der Waals surface area (Å²) in [6.45, 7) is 3.74. The number of nitrogens with two attached hydrogens (primary N) is 1. The van der Waals surface area contributed by atoms with E-state index in [2.05, 4.69) is 20.3 Å². The van der Waals surface area contributed by atoms with Gasteiger partial charge in [-0.05, 0) is 43.9 Å². The summed E-state index contributed by atoms with van der Waals surface area (Å²) in [5.74, 6) is -1.87. The molecule has 238 valence electrons. The number of hydrogen-bond donors (Lipinski definition) is 2. The molecule has 3 aliphatic heterocycles. The molecule has 1 amide bonds. The number of piperidine rings is 1. The third-order valence-corrected chi connectivity index (χ3v) is 9.80. The number of likely N-dealkylation sites (tertiary alicyclic amines) is 1. The second-order valence-electron chi connectivity index (χ2n) is 12.0. The lowest BCUT2D eigenvalue weighted by Gasteiger charge is -2.34. The maximum Gasteiger partial charge on any atom is 0.417 e. The van der Waals surface area contributed by atoms with Crippen LogP contribution in [-0.2, 0) is 11.0 Å². The third kappa shape index (κ3) is 5.49. The van der Waals surface area contributed by atoms with Crippen molar-refractivity contribution in [2.24, 2.45) is 5.92 Å². The monoisotopic (exact) mass is 647 g/mol. The zero-order chi connectivity index (χ0) is 31.6. The SMILES string of the molecule is CC(=O)N1CCCC(COc2nc(N3CC4CCC(C3)N4)c3cc(C(F)(F)F)c(-c4ccc(F)c5sc(N)nc45)c(F)c3n2)C1. The normalized spacial score (nSPS) is 22.0. The number of fused-ring (bicyclic) bond motifs is 4. The molecule has 45 heavy (non-hydrogen) atoms. The van der Waals surface area contributed by atoms with Crippen molar-refractivity contribution in [3.63, 3.8) is 0 Å². The highest BCUT2D eigenvalue weighted by Crippen LogP contribution is 2.46. The molecule has 0 aliphatic carbocycles. The largest absolute Gasteiger partial charge is 0.463 e. The van der Waals surface area contributed by atoms with E-state index in [-0.39, 0.29) is 74.2 Å². The van der Waals surface area contributed by atoms with Gasteiger partial charge in [-0.1, -0.05) is 11.3 Å². The van der Waals surface area contributed by atoms with Crippen LogP contribution in [0.5, 0.6) is 6.01 Å². The highest BCUT2D eigenvalue weighted by Gasteiger charge is 2.39. The highest BCUT2D eigenvalue weighted by atomic mass is 32.1. The zero-order valence-corrected chi connectivity index (χ0v) is 25.1. The average Bonchev–Trinajstić information content (AvgIpc) is 3.57. The molecule has 5 heterocycles. The molecule has 2 aromatic carbocycles. The van der Waals surface area contributed by atoms with Crippen molar-refractivity contribution >= 4 is 49.3 Å². The Balaban J connectivity index is 1.39. The summed E-state index contributed by atoms with van der Waals surface area (Å²) < 4.78 is 81.4. The Bertz CT molecular complexity index is 1800. The first-order valence-electron chi connectivity index (χ1n) is 14.8. The van der Waals surface area contributed by atoms with Gasteiger partial charge in [0.25, 0.3) is 0 Å². The number of ether oxygens (including phenoxy) is 1. The summed E-state index contributed by atoms with van der Waals surface area (Å²) in [5, 5.41) is 3.32. The smallest absolute Gasteiger partial charge is 0.417 e. The number of nitrogens with one attached hydrogen (secondary N) is 1. The molecule has 4 aromatic rings. The summed E-state index contributed by atoms with van der Waals surface area (Å²) in [5.41, 5.74) is 2.96. The summed E-state index contributed by atoms with van der Waals surface area (Å²) in [6.07, 6.45) is -1.56. The second kappa shape index (κ2) is 11.2. The molecule has 3 atom stereocenters. The van der Waals surface area contributed by atoms with E-state index in [1.54, 1.807) is 4.90 Å². The molecule has 3 N–H and O–H groups in total. The van der Waals surface area contributed by atoms with Gasteiger partial charge >= 0.3 is 12.2 Å². The molecular weight excluding hydrogens is 617 g/mol. The van der Waals surface area contributed by atoms with E-state index < -0.39 is 28.9 Å². The molecule has 0 radical (unpaired) electrons. The molecule has 7 rings (SSSR count). The van der Waals surface area contributed by atoms with E-state index in [4.69, 9.17) is 10.5 Å². The van der Waals surface area contributed by atoms with Crippen LogP contribution >= 0.6 is 11.3 Å². The number of nitrogens with zero attached hydrogens (tertiary/aromatic N) is 5. The quantitative estimate of drug-likeness (QED) is 0.279. The predicted molar refractivity (Wildman–Crippen MR) is 160 cm³/mol. The number of carbonyl (C=O) groups is 1. The fourth-order valence-corrected chi connectivity index (χ4v) is 7.59. The van der Waals surface area contributed by atoms with E-state index in [1.807, 2.05) is 4.90 Å². The van der Waals surface area contributed by atoms with Crippen LogP contribution in [0.1, 0.15) is 38.2 Å². The summed E-state index contributed by atoms with van der Waals surface area (Å²) in [4.78, 5) is 28.5. The minimum absolute atomic E-state index is 0.0175. The van der Waals surface area contributed by atoms with Crippen molar-refractivity contribution in [3.8, 4) is 17.1 Å². The molecule has 2 aromatic heterocycles. The van der Waals surface area contributed by atoms with Crippen molar-refractivity contribution in [1.29, 1.82) is 0 Å². The van der Waals surface area contributed by atoms with Gasteiger partial charge in [-0.3, -0.25) is 4.79 Å². The Labute approximate surface area is 258 Å². The van der Waals surface area contributed by atoms with Crippen LogP contribution in [0.15, 0.2) is 18.2 Å². The third-order valence-electron chi connectivity index (χ3n) is 8.91. The van der Waals surface area contributed by atoms with Gasteiger partial charge in [0, 0.05) is 67.6 Å². The number of thiazole rings is 1. The number of hydrogen-bond acceptors (Lipinski definition) is 9. The summed E-state index contributed by atoms with van der Waals surface area (Å²) in [6, 6.07) is 2.99. The van der Waals surface area contributed by atoms with E-state index in [9.17, 15) is 22.4 Å². The average molecular weight is 648 g/mol. The first-order chi connectivity index (χ1) is 21.5. The number of halogens is 5. The van der Waals surface area contributed by atoms with E-state index in [1.165, 1.54) is 6.92 Å². The molecule has 3 aliphatic rings. The van der Waals surface area contributed by atoms with Crippen LogP contribution in [0.4, 0.5) is 32.9 Å². The first kappa shape index (κ1) is 29.8. The van der Waals surface area contributed by atoms with Gasteiger partial charge in [0.1, 0.15) is 17.2 Å². The van der Waals surface area contributed by atoms with Crippen LogP contribution in [0.25, 0.3) is 32.2 Å². The van der Waals surface area contributed by atoms with Gasteiger partial charge < -0.3 is 25.6 Å². The standard InChI is InChI=1S/C30H30F5N7O2S/c1-14(43)41-8-2-3-15(10-41)13-44-29-39-24-19(27(40-29)42-11-16-4-5-17(12-42)37-16)9-20(30(33,34)35)22(23(24)32)18-6-7-21(31)26-25(18)38-28(36)45-26/h6-7,9,15-17,37H,2-5,8,10-13H2,1H3,(H2,36,38). The second-order valence-corrected chi connectivity index (χ2v) is 13.0. The number of nitrogen functional groups attached to an aromatic ring is 1. The number of benzene rings is 2. The van der Waals surface area contributed by atoms with Crippen molar-refractivity contribution in [3.05, 3.63) is 35.4 Å². The van der Waals surface area contributed by atoms with Gasteiger partial charge in [-0.15, -0.1) is 0 Å². The first-order valence-corrected chi connectivity index (χ1v) is 15.6. The van der Waals surface area contributed by atoms with Gasteiger partial charge in [-0.2, -0.15) is 23.1 Å². The Morgan fingerprint density at radius 1 is 1.09 bits per heavy atom. The Kier molecular flexibility index (Phi) is 7.42. The number of carbonyl (C=O) groups excluding carboxylic acids is 1. The predicted octanol–water partition coefficient (Wildman–Crippen LogP) is 5.36. The van der Waals surface area contributed by atoms with Crippen molar-refractivity contribution in [1.82, 2.24) is 25.2 Å². The molecule has 3 saturated heterocycles. The number of alkyl halides is 3. The fraction of sp³-hybridized carbons (Fsp3) is 0.467. The lowest BCUT2D eigenvalue weighted by Crippen LogP contribution is -2.51. The van der Waals surface area contributed by atoms with Crippen molar-refractivity contribution < 1.29 is 31.5 Å². The van der Waals surface area contributed by atoms with Gasteiger partial charge in [0.2, 0.25) is 5.91 Å². The molecular formula is C30H30F5N7O2S. The van der Waals surface area contributed by atoms with E-state index in [0.29, 0.717) is 26.2 Å². The lowest BCUT2D eigenvalue weighted by molar-refractivity contribution is -0.137.